The van der Waals surface area contributed by atoms with Crippen molar-refractivity contribution in [2.24, 2.45) is 0 Å². The molecule has 0 spiro atoms. The smallest absolute Gasteiger partial charge is 0.162 e. The molecular weight excluding hydrogens is 787 g/mol. The minimum absolute atomic E-state index is 0.693. The van der Waals surface area contributed by atoms with Gasteiger partial charge in [-0.25, -0.2) is 9.97 Å². The SMILES string of the molecule is c1ccc(-c2cc(-n3c4ccccc4c4cc(-c5ccc6c7ccccc7n(-c7cccc(-c8ccc9sc%10cccnc%10c9c8)c7)c6c5)ccc43)nc(-c3ccccc3)n2)cc1. The number of aromatic nitrogens is 5. The molecule has 0 N–H and O–H groups in total. The Labute approximate surface area is 366 Å². The van der Waals surface area contributed by atoms with Gasteiger partial charge in [0.2, 0.25) is 0 Å². The first-order chi connectivity index (χ1) is 31.2. The van der Waals surface area contributed by atoms with E-state index in [-0.39, 0.29) is 0 Å². The van der Waals surface area contributed by atoms with Gasteiger partial charge in [0.1, 0.15) is 5.82 Å². The van der Waals surface area contributed by atoms with Gasteiger partial charge in [0.05, 0.1) is 38.0 Å². The summed E-state index contributed by atoms with van der Waals surface area (Å²) in [6.45, 7) is 0. The monoisotopic (exact) mass is 821 g/mol. The molecule has 0 bridgehead atoms. The van der Waals surface area contributed by atoms with Crippen LogP contribution < -0.4 is 0 Å². The van der Waals surface area contributed by atoms with Crippen LogP contribution in [0.5, 0.6) is 0 Å². The summed E-state index contributed by atoms with van der Waals surface area (Å²) in [4.78, 5) is 15.1. The zero-order chi connectivity index (χ0) is 41.4. The molecule has 0 fully saturated rings. The van der Waals surface area contributed by atoms with Gasteiger partial charge in [0.15, 0.2) is 5.82 Å². The average Bonchev–Trinajstić information content (AvgIpc) is 4.01. The number of hydrogen-bond acceptors (Lipinski definition) is 4. The van der Waals surface area contributed by atoms with Crippen LogP contribution in [0, 0.1) is 0 Å². The molecule has 63 heavy (non-hydrogen) atoms. The molecule has 0 amide bonds. The fourth-order valence-electron chi connectivity index (χ4n) is 9.45. The van der Waals surface area contributed by atoms with Crippen molar-refractivity contribution in [3.05, 3.63) is 212 Å². The van der Waals surface area contributed by atoms with Gasteiger partial charge in [0, 0.05) is 60.7 Å². The fourth-order valence-corrected chi connectivity index (χ4v) is 10.5. The molecule has 0 unspecified atom stereocenters. The quantitative estimate of drug-likeness (QED) is 0.168. The Kier molecular flexibility index (Phi) is 8.01. The van der Waals surface area contributed by atoms with E-state index in [0.29, 0.717) is 5.82 Å². The van der Waals surface area contributed by atoms with Gasteiger partial charge in [0.25, 0.3) is 0 Å². The van der Waals surface area contributed by atoms with E-state index < -0.39 is 0 Å². The minimum Gasteiger partial charge on any atom is -0.309 e. The Balaban J connectivity index is 0.961. The van der Waals surface area contributed by atoms with Crippen LogP contribution >= 0.6 is 11.3 Å². The molecule has 0 aliphatic rings. The molecule has 0 radical (unpaired) electrons. The maximum atomic E-state index is 5.24. The van der Waals surface area contributed by atoms with Gasteiger partial charge in [-0.3, -0.25) is 9.55 Å². The first-order valence-corrected chi connectivity index (χ1v) is 22.0. The molecule has 0 saturated carbocycles. The third kappa shape index (κ3) is 5.80. The number of thiophene rings is 1. The number of hydrogen-bond donors (Lipinski definition) is 0. The fraction of sp³-hybridized carbons (Fsp3) is 0. The van der Waals surface area contributed by atoms with E-state index in [1.807, 2.05) is 36.5 Å². The predicted molar refractivity (Wildman–Crippen MR) is 263 cm³/mol. The number of pyridine rings is 1. The van der Waals surface area contributed by atoms with E-state index in [1.165, 1.54) is 58.5 Å². The van der Waals surface area contributed by atoms with Gasteiger partial charge < -0.3 is 4.57 Å². The molecule has 13 rings (SSSR count). The lowest BCUT2D eigenvalue weighted by molar-refractivity contribution is 1.05. The highest BCUT2D eigenvalue weighted by molar-refractivity contribution is 7.25. The Morgan fingerprint density at radius 1 is 0.349 bits per heavy atom. The highest BCUT2D eigenvalue weighted by atomic mass is 32.1. The lowest BCUT2D eigenvalue weighted by atomic mass is 10.0. The minimum atomic E-state index is 0.693. The zero-order valence-corrected chi connectivity index (χ0v) is 34.7. The van der Waals surface area contributed by atoms with Gasteiger partial charge in [-0.1, -0.05) is 133 Å². The van der Waals surface area contributed by atoms with Crippen molar-refractivity contribution in [1.82, 2.24) is 24.1 Å². The third-order valence-electron chi connectivity index (χ3n) is 12.4. The summed E-state index contributed by atoms with van der Waals surface area (Å²) in [7, 11) is 0. The number of fused-ring (bicyclic) bond motifs is 9. The molecule has 6 heteroatoms. The second-order valence-corrected chi connectivity index (χ2v) is 17.1. The van der Waals surface area contributed by atoms with E-state index in [2.05, 4.69) is 185 Å². The topological polar surface area (TPSA) is 48.5 Å². The maximum absolute atomic E-state index is 5.24. The first kappa shape index (κ1) is 35.6. The third-order valence-corrected chi connectivity index (χ3v) is 13.5. The number of benzene rings is 8. The Morgan fingerprint density at radius 2 is 0.968 bits per heavy atom. The molecule has 294 valence electrons. The summed E-state index contributed by atoms with van der Waals surface area (Å²) < 4.78 is 7.18. The lowest BCUT2D eigenvalue weighted by Gasteiger charge is -2.12. The summed E-state index contributed by atoms with van der Waals surface area (Å²) in [5.74, 6) is 1.52. The van der Waals surface area contributed by atoms with Crippen molar-refractivity contribution in [2.45, 2.75) is 0 Å². The van der Waals surface area contributed by atoms with E-state index in [4.69, 9.17) is 15.0 Å². The van der Waals surface area contributed by atoms with Crippen LogP contribution in [-0.4, -0.2) is 24.1 Å². The lowest BCUT2D eigenvalue weighted by Crippen LogP contribution is -2.02. The van der Waals surface area contributed by atoms with Crippen LogP contribution in [0.15, 0.2) is 212 Å². The Morgan fingerprint density at radius 3 is 1.79 bits per heavy atom. The van der Waals surface area contributed by atoms with Gasteiger partial charge in [-0.05, 0) is 89.0 Å². The summed E-state index contributed by atoms with van der Waals surface area (Å²) in [5.41, 5.74) is 14.3. The van der Waals surface area contributed by atoms with Crippen LogP contribution in [0.4, 0.5) is 0 Å². The van der Waals surface area contributed by atoms with E-state index in [0.717, 1.165) is 56.0 Å². The van der Waals surface area contributed by atoms with Crippen molar-refractivity contribution < 1.29 is 0 Å². The van der Waals surface area contributed by atoms with E-state index in [1.54, 1.807) is 11.3 Å². The van der Waals surface area contributed by atoms with Crippen molar-refractivity contribution in [3.63, 3.8) is 0 Å². The number of nitrogens with zero attached hydrogens (tertiary/aromatic N) is 5. The molecule has 5 heterocycles. The maximum Gasteiger partial charge on any atom is 0.162 e. The van der Waals surface area contributed by atoms with Crippen LogP contribution in [0.3, 0.4) is 0 Å². The first-order valence-electron chi connectivity index (χ1n) is 21.2. The molecule has 8 aromatic carbocycles. The molecule has 0 aliphatic carbocycles. The van der Waals surface area contributed by atoms with Crippen LogP contribution in [0.2, 0.25) is 0 Å². The summed E-state index contributed by atoms with van der Waals surface area (Å²) in [6, 6.07) is 73.8. The highest BCUT2D eigenvalue weighted by Gasteiger charge is 2.19. The van der Waals surface area contributed by atoms with Gasteiger partial charge in [-0.15, -0.1) is 11.3 Å². The van der Waals surface area contributed by atoms with Crippen LogP contribution in [0.1, 0.15) is 0 Å². The molecule has 13 aromatic rings. The van der Waals surface area contributed by atoms with Gasteiger partial charge >= 0.3 is 0 Å². The van der Waals surface area contributed by atoms with Crippen molar-refractivity contribution >= 4 is 75.3 Å². The molecule has 5 nitrogen and oxygen atoms in total. The summed E-state index contributed by atoms with van der Waals surface area (Å²) in [6.07, 6.45) is 1.89. The van der Waals surface area contributed by atoms with E-state index >= 15 is 0 Å². The standard InChI is InChI=1S/C57H35N5S/c1-3-13-36(14-4-1)48-35-55(60-57(59-48)37-15-5-2-6-16-37)62-50-22-10-8-20-44(50)46-32-39(25-28-51(46)62)41-24-27-45-43-19-7-9-21-49(43)61(52(45)34-41)42-18-11-17-38(31-42)40-26-29-53-47(33-40)56-54(63-53)23-12-30-58-56/h1-35H. The van der Waals surface area contributed by atoms with Crippen LogP contribution in [0.25, 0.3) is 120 Å². The Bertz CT molecular complexity index is 3860. The summed E-state index contributed by atoms with van der Waals surface area (Å²) >= 11 is 1.80. The van der Waals surface area contributed by atoms with E-state index in [9.17, 15) is 0 Å². The van der Waals surface area contributed by atoms with Crippen molar-refractivity contribution in [3.8, 4) is 56.4 Å². The second kappa shape index (κ2) is 14.2. The highest BCUT2D eigenvalue weighted by Crippen LogP contribution is 2.40. The Hall–Kier alpha value is -8.19. The second-order valence-electron chi connectivity index (χ2n) is 16.0. The molecular formula is C57H35N5S. The van der Waals surface area contributed by atoms with Crippen molar-refractivity contribution in [2.75, 3.05) is 0 Å². The summed E-state index contributed by atoms with van der Waals surface area (Å²) in [5, 5.41) is 6.00. The van der Waals surface area contributed by atoms with Crippen LogP contribution in [-0.2, 0) is 0 Å². The number of rotatable bonds is 6. The van der Waals surface area contributed by atoms with Gasteiger partial charge in [-0.2, -0.15) is 0 Å². The normalized spacial score (nSPS) is 11.8. The zero-order valence-electron chi connectivity index (χ0n) is 33.9. The predicted octanol–water partition coefficient (Wildman–Crippen LogP) is 15.1. The van der Waals surface area contributed by atoms with Crippen molar-refractivity contribution in [1.29, 1.82) is 0 Å². The molecule has 0 saturated heterocycles. The number of para-hydroxylation sites is 2. The average molecular weight is 822 g/mol. The molecule has 5 aromatic heterocycles. The molecule has 0 atom stereocenters. The molecule has 0 aliphatic heterocycles. The largest absolute Gasteiger partial charge is 0.309 e.